The Bertz CT molecular complexity index is 564. The van der Waals surface area contributed by atoms with Gasteiger partial charge in [0.1, 0.15) is 0 Å². The highest BCUT2D eigenvalue weighted by atomic mass is 14.4. The SMILES string of the molecule is CC1c2ccc(-c3ccccc3)cc2CC1(C)C. The Hall–Kier alpha value is -1.56. The Balaban J connectivity index is 2.05. The highest BCUT2D eigenvalue weighted by Crippen LogP contribution is 2.47. The van der Waals surface area contributed by atoms with E-state index in [4.69, 9.17) is 0 Å². The van der Waals surface area contributed by atoms with Crippen LogP contribution in [-0.2, 0) is 6.42 Å². The van der Waals surface area contributed by atoms with E-state index in [1.165, 1.54) is 23.1 Å². The highest BCUT2D eigenvalue weighted by molar-refractivity contribution is 5.65. The minimum Gasteiger partial charge on any atom is -0.0622 e. The van der Waals surface area contributed by atoms with Crippen molar-refractivity contribution in [1.29, 1.82) is 0 Å². The molecule has 0 aromatic heterocycles. The minimum atomic E-state index is 0.400. The Morgan fingerprint density at radius 1 is 0.944 bits per heavy atom. The fourth-order valence-corrected chi connectivity index (χ4v) is 3.06. The summed E-state index contributed by atoms with van der Waals surface area (Å²) in [6.07, 6.45) is 1.20. The zero-order valence-corrected chi connectivity index (χ0v) is 11.4. The van der Waals surface area contributed by atoms with Gasteiger partial charge in [-0.25, -0.2) is 0 Å². The summed E-state index contributed by atoms with van der Waals surface area (Å²) < 4.78 is 0. The molecule has 1 aliphatic rings. The van der Waals surface area contributed by atoms with Gasteiger partial charge in [-0.1, -0.05) is 69.3 Å². The van der Waals surface area contributed by atoms with Crippen LogP contribution in [0.2, 0.25) is 0 Å². The Morgan fingerprint density at radius 2 is 1.67 bits per heavy atom. The third-order valence-corrected chi connectivity index (χ3v) is 4.53. The molecule has 0 bridgehead atoms. The van der Waals surface area contributed by atoms with E-state index < -0.39 is 0 Å². The fraction of sp³-hybridized carbons (Fsp3) is 0.333. The molecule has 0 saturated carbocycles. The van der Waals surface area contributed by atoms with E-state index in [-0.39, 0.29) is 0 Å². The number of hydrogen-bond acceptors (Lipinski definition) is 0. The van der Waals surface area contributed by atoms with E-state index in [9.17, 15) is 0 Å². The Morgan fingerprint density at radius 3 is 2.39 bits per heavy atom. The van der Waals surface area contributed by atoms with Crippen LogP contribution in [0, 0.1) is 5.41 Å². The largest absolute Gasteiger partial charge is 0.0622 e. The smallest absolute Gasteiger partial charge is 0.0133 e. The predicted octanol–water partition coefficient (Wildman–Crippen LogP) is 5.04. The van der Waals surface area contributed by atoms with Crippen molar-refractivity contribution in [3.8, 4) is 11.1 Å². The van der Waals surface area contributed by atoms with Gasteiger partial charge in [-0.3, -0.25) is 0 Å². The van der Waals surface area contributed by atoms with E-state index in [2.05, 4.69) is 69.3 Å². The van der Waals surface area contributed by atoms with Gasteiger partial charge < -0.3 is 0 Å². The van der Waals surface area contributed by atoms with Crippen molar-refractivity contribution in [2.75, 3.05) is 0 Å². The molecule has 0 radical (unpaired) electrons. The van der Waals surface area contributed by atoms with E-state index in [0.717, 1.165) is 0 Å². The van der Waals surface area contributed by atoms with Crippen LogP contribution in [0.3, 0.4) is 0 Å². The van der Waals surface area contributed by atoms with E-state index in [1.807, 2.05) is 0 Å². The first-order chi connectivity index (χ1) is 8.58. The van der Waals surface area contributed by atoms with Crippen molar-refractivity contribution in [3.05, 3.63) is 59.7 Å². The maximum absolute atomic E-state index is 2.38. The second kappa shape index (κ2) is 3.98. The third-order valence-electron chi connectivity index (χ3n) is 4.53. The van der Waals surface area contributed by atoms with Gasteiger partial charge in [0.15, 0.2) is 0 Å². The van der Waals surface area contributed by atoms with Gasteiger partial charge in [-0.15, -0.1) is 0 Å². The molecule has 0 aliphatic heterocycles. The summed E-state index contributed by atoms with van der Waals surface area (Å²) >= 11 is 0. The van der Waals surface area contributed by atoms with Gasteiger partial charge in [0.05, 0.1) is 0 Å². The molecule has 3 rings (SSSR count). The zero-order valence-electron chi connectivity index (χ0n) is 11.4. The van der Waals surface area contributed by atoms with Crippen LogP contribution in [0.1, 0.15) is 37.8 Å². The van der Waals surface area contributed by atoms with Gasteiger partial charge in [0.2, 0.25) is 0 Å². The summed E-state index contributed by atoms with van der Waals surface area (Å²) in [5.41, 5.74) is 6.14. The maximum Gasteiger partial charge on any atom is -0.0133 e. The molecular weight excluding hydrogens is 216 g/mol. The normalized spacial score (nSPS) is 20.7. The van der Waals surface area contributed by atoms with Gasteiger partial charge in [-0.2, -0.15) is 0 Å². The number of fused-ring (bicyclic) bond motifs is 1. The van der Waals surface area contributed by atoms with E-state index in [0.29, 0.717) is 11.3 Å². The van der Waals surface area contributed by atoms with Crippen LogP contribution in [-0.4, -0.2) is 0 Å². The molecule has 0 amide bonds. The maximum atomic E-state index is 2.38. The lowest BCUT2D eigenvalue weighted by molar-refractivity contribution is 0.330. The first-order valence-corrected chi connectivity index (χ1v) is 6.76. The summed E-state index contributed by atoms with van der Waals surface area (Å²) in [6, 6.07) is 17.6. The second-order valence-electron chi connectivity index (χ2n) is 6.17. The molecule has 1 aliphatic carbocycles. The molecule has 0 fully saturated rings. The van der Waals surface area contributed by atoms with Crippen LogP contribution in [0.15, 0.2) is 48.5 Å². The standard InChI is InChI=1S/C18H20/c1-13-17-10-9-15(14-7-5-4-6-8-14)11-16(17)12-18(13,2)3/h4-11,13H,12H2,1-3H3. The van der Waals surface area contributed by atoms with Crippen molar-refractivity contribution in [1.82, 2.24) is 0 Å². The Kier molecular flexibility index (Phi) is 2.55. The zero-order chi connectivity index (χ0) is 12.8. The summed E-state index contributed by atoms with van der Waals surface area (Å²) in [5, 5.41) is 0. The van der Waals surface area contributed by atoms with Crippen LogP contribution in [0.4, 0.5) is 0 Å². The van der Waals surface area contributed by atoms with Crippen LogP contribution in [0.5, 0.6) is 0 Å². The first-order valence-electron chi connectivity index (χ1n) is 6.76. The number of benzene rings is 2. The lowest BCUT2D eigenvalue weighted by Gasteiger charge is -2.23. The summed E-state index contributed by atoms with van der Waals surface area (Å²) in [4.78, 5) is 0. The number of rotatable bonds is 1. The topological polar surface area (TPSA) is 0 Å². The predicted molar refractivity (Wildman–Crippen MR) is 77.8 cm³/mol. The Labute approximate surface area is 110 Å². The van der Waals surface area contributed by atoms with Crippen molar-refractivity contribution in [3.63, 3.8) is 0 Å². The first kappa shape index (κ1) is 11.5. The molecule has 0 saturated heterocycles. The molecule has 2 aromatic rings. The summed E-state index contributed by atoms with van der Waals surface area (Å²) in [6.45, 7) is 7.10. The van der Waals surface area contributed by atoms with Gasteiger partial charge in [0, 0.05) is 0 Å². The molecule has 92 valence electrons. The molecule has 0 nitrogen and oxygen atoms in total. The van der Waals surface area contributed by atoms with Gasteiger partial charge in [-0.05, 0) is 40.0 Å². The van der Waals surface area contributed by atoms with Crippen molar-refractivity contribution < 1.29 is 0 Å². The summed E-state index contributed by atoms with van der Waals surface area (Å²) in [7, 11) is 0. The van der Waals surface area contributed by atoms with Crippen molar-refractivity contribution >= 4 is 0 Å². The fourth-order valence-electron chi connectivity index (χ4n) is 3.06. The molecule has 0 spiro atoms. The average molecular weight is 236 g/mol. The lowest BCUT2D eigenvalue weighted by atomic mass is 9.81. The summed E-state index contributed by atoms with van der Waals surface area (Å²) in [5.74, 6) is 0.664. The molecule has 0 heteroatoms. The molecule has 0 N–H and O–H groups in total. The molecule has 2 aromatic carbocycles. The van der Waals surface area contributed by atoms with Crippen molar-refractivity contribution in [2.24, 2.45) is 5.41 Å². The highest BCUT2D eigenvalue weighted by Gasteiger charge is 2.35. The van der Waals surface area contributed by atoms with Crippen LogP contribution in [0.25, 0.3) is 11.1 Å². The molecule has 18 heavy (non-hydrogen) atoms. The lowest BCUT2D eigenvalue weighted by Crippen LogP contribution is -2.14. The molecule has 1 atom stereocenters. The second-order valence-corrected chi connectivity index (χ2v) is 6.17. The van der Waals surface area contributed by atoms with Crippen LogP contribution < -0.4 is 0 Å². The van der Waals surface area contributed by atoms with Crippen LogP contribution >= 0.6 is 0 Å². The van der Waals surface area contributed by atoms with Gasteiger partial charge >= 0.3 is 0 Å². The minimum absolute atomic E-state index is 0.400. The van der Waals surface area contributed by atoms with Gasteiger partial charge in [0.25, 0.3) is 0 Å². The van der Waals surface area contributed by atoms with E-state index in [1.54, 1.807) is 5.56 Å². The third kappa shape index (κ3) is 1.77. The monoisotopic (exact) mass is 236 g/mol. The quantitative estimate of drug-likeness (QED) is 0.650. The molecule has 1 unspecified atom stereocenters. The van der Waals surface area contributed by atoms with Crippen molar-refractivity contribution in [2.45, 2.75) is 33.1 Å². The number of hydrogen-bond donors (Lipinski definition) is 0. The van der Waals surface area contributed by atoms with E-state index >= 15 is 0 Å². The average Bonchev–Trinajstić information content (AvgIpc) is 2.60. The molecular formula is C18H20. The molecule has 0 heterocycles.